The monoisotopic (exact) mass is 829 g/mol. The lowest BCUT2D eigenvalue weighted by Crippen LogP contribution is -2.06. The molecule has 302 valence electrons. The van der Waals surface area contributed by atoms with E-state index in [0.717, 1.165) is 77.0 Å². The third-order valence-electron chi connectivity index (χ3n) is 13.2. The van der Waals surface area contributed by atoms with Crippen LogP contribution in [0.4, 0.5) is 0 Å². The van der Waals surface area contributed by atoms with Crippen LogP contribution < -0.4 is 0 Å². The molecule has 0 fully saturated rings. The zero-order chi connectivity index (χ0) is 42.6. The van der Waals surface area contributed by atoms with E-state index in [4.69, 9.17) is 19.4 Å². The van der Waals surface area contributed by atoms with E-state index in [2.05, 4.69) is 185 Å². The second-order valence-corrected chi connectivity index (χ2v) is 16.7. The number of rotatable bonds is 5. The van der Waals surface area contributed by atoms with Gasteiger partial charge in [-0.05, 0) is 75.8 Å². The normalized spacial score (nSPS) is 12.0. The van der Waals surface area contributed by atoms with Crippen molar-refractivity contribution in [3.63, 3.8) is 0 Å². The summed E-state index contributed by atoms with van der Waals surface area (Å²) in [6.07, 6.45) is 0. The van der Waals surface area contributed by atoms with Gasteiger partial charge in [0.2, 0.25) is 5.95 Å². The molecule has 4 aromatic heterocycles. The van der Waals surface area contributed by atoms with Gasteiger partial charge < -0.3 is 8.98 Å². The quantitative estimate of drug-likeness (QED) is 0.162. The maximum Gasteiger partial charge on any atom is 0.238 e. The molecule has 14 rings (SSSR count). The number of aromatic nitrogens is 5. The zero-order valence-corrected chi connectivity index (χ0v) is 34.9. The van der Waals surface area contributed by atoms with Crippen LogP contribution >= 0.6 is 0 Å². The fraction of sp³-hybridized carbons (Fsp3) is 0. The van der Waals surface area contributed by atoms with Crippen LogP contribution in [0, 0.1) is 0 Å². The van der Waals surface area contributed by atoms with Crippen LogP contribution in [0.2, 0.25) is 0 Å². The number of para-hydroxylation sites is 2. The maximum absolute atomic E-state index is 6.39. The van der Waals surface area contributed by atoms with E-state index in [0.29, 0.717) is 17.6 Å². The first-order valence-electron chi connectivity index (χ1n) is 21.9. The highest BCUT2D eigenvalue weighted by Crippen LogP contribution is 2.47. The van der Waals surface area contributed by atoms with Gasteiger partial charge in [-0.2, -0.15) is 9.97 Å². The molecule has 65 heavy (non-hydrogen) atoms. The topological polar surface area (TPSA) is 61.7 Å². The third-order valence-corrected chi connectivity index (χ3v) is 13.2. The minimum atomic E-state index is 0.540. The molecule has 0 radical (unpaired) electrons. The molecule has 0 bridgehead atoms. The summed E-state index contributed by atoms with van der Waals surface area (Å²) in [7, 11) is 0. The lowest BCUT2D eigenvalue weighted by Gasteiger charge is -2.13. The molecule has 0 spiro atoms. The highest BCUT2D eigenvalue weighted by atomic mass is 16.3. The summed E-state index contributed by atoms with van der Waals surface area (Å²) in [6.45, 7) is 0. The molecular weight excluding hydrogens is 795 g/mol. The van der Waals surface area contributed by atoms with Gasteiger partial charge in [0.15, 0.2) is 11.6 Å². The van der Waals surface area contributed by atoms with Crippen LogP contribution in [0.15, 0.2) is 217 Å². The van der Waals surface area contributed by atoms with E-state index < -0.39 is 0 Å². The van der Waals surface area contributed by atoms with Gasteiger partial charge >= 0.3 is 0 Å². The van der Waals surface area contributed by atoms with Gasteiger partial charge in [0.05, 0.1) is 22.1 Å². The summed E-state index contributed by atoms with van der Waals surface area (Å²) in [5, 5.41) is 11.5. The van der Waals surface area contributed by atoms with Gasteiger partial charge in [-0.1, -0.05) is 164 Å². The average Bonchev–Trinajstić information content (AvgIpc) is 4.05. The molecule has 0 saturated carbocycles. The zero-order valence-electron chi connectivity index (χ0n) is 34.9. The molecule has 0 aliphatic carbocycles. The van der Waals surface area contributed by atoms with Gasteiger partial charge in [-0.25, -0.2) is 4.98 Å². The van der Waals surface area contributed by atoms with Crippen molar-refractivity contribution in [1.82, 2.24) is 24.1 Å². The van der Waals surface area contributed by atoms with Crippen molar-refractivity contribution in [2.45, 2.75) is 0 Å². The molecule has 4 heterocycles. The first-order valence-corrected chi connectivity index (χ1v) is 21.9. The number of benzene rings is 10. The summed E-state index contributed by atoms with van der Waals surface area (Å²) in [4.78, 5) is 16.0. The van der Waals surface area contributed by atoms with E-state index >= 15 is 0 Å². The average molecular weight is 830 g/mol. The molecule has 6 nitrogen and oxygen atoms in total. The summed E-state index contributed by atoms with van der Waals surface area (Å²) in [5.74, 6) is 1.69. The largest absolute Gasteiger partial charge is 0.456 e. The first-order chi connectivity index (χ1) is 32.2. The SMILES string of the molecule is c1ccc(-c2ccc(-n3c4ccccc4c4c5c6c7ccccc7c7ccccc7c6n(-c6nc(-c7ccccc7)nc(-c7ccc8c(c7)oc7ccccc78)n6)c5ccc43)cc2)cc1. The Morgan fingerprint density at radius 2 is 0.846 bits per heavy atom. The van der Waals surface area contributed by atoms with Crippen LogP contribution in [0.25, 0.3) is 133 Å². The molecule has 0 aliphatic heterocycles. The van der Waals surface area contributed by atoms with Gasteiger partial charge in [0, 0.05) is 54.5 Å². The van der Waals surface area contributed by atoms with Gasteiger partial charge in [-0.15, -0.1) is 0 Å². The fourth-order valence-corrected chi connectivity index (χ4v) is 10.3. The van der Waals surface area contributed by atoms with Crippen molar-refractivity contribution in [1.29, 1.82) is 0 Å². The molecule has 0 unspecified atom stereocenters. The van der Waals surface area contributed by atoms with Crippen LogP contribution in [0.5, 0.6) is 0 Å². The van der Waals surface area contributed by atoms with Crippen molar-refractivity contribution in [3.05, 3.63) is 212 Å². The van der Waals surface area contributed by atoms with Crippen LogP contribution in [-0.2, 0) is 0 Å². The number of hydrogen-bond donors (Lipinski definition) is 0. The Kier molecular flexibility index (Phi) is 7.59. The maximum atomic E-state index is 6.39. The van der Waals surface area contributed by atoms with Crippen LogP contribution in [0.1, 0.15) is 0 Å². The van der Waals surface area contributed by atoms with Crippen molar-refractivity contribution in [2.75, 3.05) is 0 Å². The predicted octanol–water partition coefficient (Wildman–Crippen LogP) is 15.3. The lowest BCUT2D eigenvalue weighted by molar-refractivity contribution is 0.669. The molecule has 0 amide bonds. The van der Waals surface area contributed by atoms with Crippen molar-refractivity contribution in [3.8, 4) is 45.5 Å². The lowest BCUT2D eigenvalue weighted by atomic mass is 9.95. The molecule has 10 aromatic carbocycles. The van der Waals surface area contributed by atoms with E-state index in [1.54, 1.807) is 0 Å². The molecule has 6 heteroatoms. The van der Waals surface area contributed by atoms with Crippen LogP contribution in [-0.4, -0.2) is 24.1 Å². The van der Waals surface area contributed by atoms with Crippen molar-refractivity contribution in [2.24, 2.45) is 0 Å². The van der Waals surface area contributed by atoms with Crippen molar-refractivity contribution < 1.29 is 4.42 Å². The molecule has 14 aromatic rings. The molecular formula is C59H35N5O. The van der Waals surface area contributed by atoms with Crippen LogP contribution in [0.3, 0.4) is 0 Å². The standard InChI is InChI=1S/C59H35N5O/c1-3-15-36(16-4-1)37-27-30-40(31-28-37)63-48-25-13-11-24-47(48)53-49(63)33-34-50-55(53)54-45-22-9-7-19-41(45)42-20-8-10-23-46(42)56(54)64(50)59-61-57(38-17-5-2-6-18-38)60-58(62-59)39-29-32-44-43-21-12-14-26-51(43)65-52(44)35-39/h1-35H. The number of fused-ring (bicyclic) bond motifs is 15. The number of furan rings is 1. The van der Waals surface area contributed by atoms with E-state index in [1.807, 2.05) is 36.4 Å². The number of hydrogen-bond acceptors (Lipinski definition) is 4. The van der Waals surface area contributed by atoms with Gasteiger partial charge in [0.25, 0.3) is 0 Å². The second-order valence-electron chi connectivity index (χ2n) is 16.7. The predicted molar refractivity (Wildman–Crippen MR) is 267 cm³/mol. The molecule has 0 N–H and O–H groups in total. The van der Waals surface area contributed by atoms with Gasteiger partial charge in [0.1, 0.15) is 11.2 Å². The highest BCUT2D eigenvalue weighted by molar-refractivity contribution is 6.38. The Hall–Kier alpha value is -8.87. The highest BCUT2D eigenvalue weighted by Gasteiger charge is 2.26. The molecule has 0 saturated heterocycles. The summed E-state index contributed by atoms with van der Waals surface area (Å²) >= 11 is 0. The minimum Gasteiger partial charge on any atom is -0.456 e. The smallest absolute Gasteiger partial charge is 0.238 e. The van der Waals surface area contributed by atoms with E-state index in [1.165, 1.54) is 38.1 Å². The molecule has 0 aliphatic rings. The molecule has 0 atom stereocenters. The minimum absolute atomic E-state index is 0.540. The Bertz CT molecular complexity index is 4220. The Balaban J connectivity index is 1.11. The summed E-state index contributed by atoms with van der Waals surface area (Å²) in [5.41, 5.74) is 11.2. The Labute approximate surface area is 371 Å². The third kappa shape index (κ3) is 5.31. The van der Waals surface area contributed by atoms with E-state index in [-0.39, 0.29) is 0 Å². The Morgan fingerprint density at radius 3 is 1.60 bits per heavy atom. The second kappa shape index (κ2) is 13.8. The number of nitrogens with zero attached hydrogens (tertiary/aromatic N) is 5. The first kappa shape index (κ1) is 35.7. The summed E-state index contributed by atoms with van der Waals surface area (Å²) in [6, 6.07) is 75.0. The Morgan fingerprint density at radius 1 is 0.308 bits per heavy atom. The fourth-order valence-electron chi connectivity index (χ4n) is 10.3. The summed E-state index contributed by atoms with van der Waals surface area (Å²) < 4.78 is 11.1. The van der Waals surface area contributed by atoms with E-state index in [9.17, 15) is 0 Å². The van der Waals surface area contributed by atoms with Gasteiger partial charge in [-0.3, -0.25) is 4.57 Å². The van der Waals surface area contributed by atoms with Crippen molar-refractivity contribution >= 4 is 87.1 Å².